The molecular formula is C10H19N3OS. The van der Waals surface area contributed by atoms with Crippen molar-refractivity contribution in [3.05, 3.63) is 0 Å². The highest BCUT2D eigenvalue weighted by atomic mass is 32.2. The second-order valence-corrected chi connectivity index (χ2v) is 5.62. The molecule has 0 aliphatic carbocycles. The first-order valence-electron chi connectivity index (χ1n) is 5.19. The highest BCUT2D eigenvalue weighted by Crippen LogP contribution is 2.09. The van der Waals surface area contributed by atoms with Crippen LogP contribution in [0.15, 0.2) is 4.99 Å². The van der Waals surface area contributed by atoms with Crippen LogP contribution in [-0.4, -0.2) is 35.5 Å². The van der Waals surface area contributed by atoms with E-state index < -0.39 is 0 Å². The number of thioether (sulfide) groups is 1. The molecule has 1 aliphatic rings. The molecule has 0 aromatic carbocycles. The molecule has 0 atom stereocenters. The zero-order valence-corrected chi connectivity index (χ0v) is 10.4. The molecule has 1 heterocycles. The van der Waals surface area contributed by atoms with Crippen molar-refractivity contribution in [2.24, 2.45) is 4.99 Å². The third-order valence-electron chi connectivity index (χ3n) is 1.71. The molecule has 0 saturated carbocycles. The summed E-state index contributed by atoms with van der Waals surface area (Å²) >= 11 is 1.68. The fourth-order valence-electron chi connectivity index (χ4n) is 1.18. The molecule has 0 bridgehead atoms. The maximum Gasteiger partial charge on any atom is 0.239 e. The van der Waals surface area contributed by atoms with E-state index in [1.54, 1.807) is 11.8 Å². The van der Waals surface area contributed by atoms with Crippen molar-refractivity contribution >= 4 is 22.8 Å². The number of hydrogen-bond acceptors (Lipinski definition) is 4. The Morgan fingerprint density at radius 1 is 1.53 bits per heavy atom. The number of hydrogen-bond donors (Lipinski definition) is 2. The molecule has 1 aliphatic heterocycles. The highest BCUT2D eigenvalue weighted by Gasteiger charge is 2.14. The van der Waals surface area contributed by atoms with Crippen molar-refractivity contribution < 1.29 is 4.79 Å². The summed E-state index contributed by atoms with van der Waals surface area (Å²) in [4.78, 5) is 15.7. The molecule has 0 saturated heterocycles. The third-order valence-corrected chi connectivity index (χ3v) is 2.75. The average molecular weight is 229 g/mol. The number of carbonyl (C=O) groups is 1. The first kappa shape index (κ1) is 12.4. The van der Waals surface area contributed by atoms with Crippen LogP contribution in [0.4, 0.5) is 0 Å². The van der Waals surface area contributed by atoms with Crippen LogP contribution < -0.4 is 10.6 Å². The summed E-state index contributed by atoms with van der Waals surface area (Å²) in [6.45, 7) is 7.09. The summed E-state index contributed by atoms with van der Waals surface area (Å²) in [6.07, 6.45) is 1.13. The normalized spacial score (nSPS) is 16.9. The predicted octanol–water partition coefficient (Wildman–Crippen LogP) is 0.984. The van der Waals surface area contributed by atoms with Gasteiger partial charge in [0, 0.05) is 17.8 Å². The van der Waals surface area contributed by atoms with Crippen LogP contribution in [0.1, 0.15) is 27.2 Å². The van der Waals surface area contributed by atoms with Crippen LogP contribution in [-0.2, 0) is 4.79 Å². The fourth-order valence-corrected chi connectivity index (χ4v) is 2.01. The van der Waals surface area contributed by atoms with Gasteiger partial charge in [0.05, 0.1) is 6.54 Å². The van der Waals surface area contributed by atoms with Gasteiger partial charge in [0.15, 0.2) is 5.17 Å². The van der Waals surface area contributed by atoms with Gasteiger partial charge in [-0.05, 0) is 27.2 Å². The molecule has 15 heavy (non-hydrogen) atoms. The quantitative estimate of drug-likeness (QED) is 0.742. The van der Waals surface area contributed by atoms with Crippen molar-refractivity contribution in [1.29, 1.82) is 0 Å². The van der Waals surface area contributed by atoms with Crippen molar-refractivity contribution in [3.63, 3.8) is 0 Å². The number of amides is 1. The number of amidine groups is 1. The number of aliphatic imine (C=N–C) groups is 1. The average Bonchev–Trinajstić information content (AvgIpc) is 2.14. The van der Waals surface area contributed by atoms with E-state index in [1.165, 1.54) is 0 Å². The molecule has 1 amide bonds. The number of nitrogens with one attached hydrogen (secondary N) is 2. The van der Waals surface area contributed by atoms with E-state index in [9.17, 15) is 4.79 Å². The van der Waals surface area contributed by atoms with Gasteiger partial charge in [0.2, 0.25) is 5.91 Å². The maximum atomic E-state index is 11.5. The molecule has 0 aromatic rings. The van der Waals surface area contributed by atoms with Gasteiger partial charge in [-0.1, -0.05) is 11.8 Å². The standard InChI is InChI=1S/C10H19N3OS/c1-10(2,3)13-8(14)7-12-9-11-5-4-6-15-9/h4-7H2,1-3H3,(H,11,12)(H,13,14). The first-order chi connectivity index (χ1) is 6.97. The third kappa shape index (κ3) is 5.67. The Morgan fingerprint density at radius 3 is 2.80 bits per heavy atom. The van der Waals surface area contributed by atoms with Crippen LogP contribution in [0.25, 0.3) is 0 Å². The van der Waals surface area contributed by atoms with E-state index in [4.69, 9.17) is 0 Å². The molecule has 2 N–H and O–H groups in total. The Kier molecular flexibility index (Phi) is 4.45. The van der Waals surface area contributed by atoms with Gasteiger partial charge < -0.3 is 10.6 Å². The van der Waals surface area contributed by atoms with Gasteiger partial charge in [-0.25, -0.2) is 0 Å². The Labute approximate surface area is 95.3 Å². The molecule has 5 heteroatoms. The minimum absolute atomic E-state index is 0.0105. The van der Waals surface area contributed by atoms with Crippen molar-refractivity contribution in [2.45, 2.75) is 32.7 Å². The zero-order chi connectivity index (χ0) is 11.3. The monoisotopic (exact) mass is 229 g/mol. The summed E-state index contributed by atoms with van der Waals surface area (Å²) in [6, 6.07) is 0. The van der Waals surface area contributed by atoms with E-state index in [0.717, 1.165) is 23.9 Å². The second kappa shape index (κ2) is 5.39. The Bertz CT molecular complexity index is 258. The van der Waals surface area contributed by atoms with Gasteiger partial charge in [-0.15, -0.1) is 0 Å². The molecule has 86 valence electrons. The van der Waals surface area contributed by atoms with Crippen molar-refractivity contribution in [1.82, 2.24) is 10.6 Å². The van der Waals surface area contributed by atoms with Crippen LogP contribution in [0.5, 0.6) is 0 Å². The molecule has 0 aromatic heterocycles. The lowest BCUT2D eigenvalue weighted by Crippen LogP contribution is -2.45. The van der Waals surface area contributed by atoms with Crippen molar-refractivity contribution in [3.8, 4) is 0 Å². The van der Waals surface area contributed by atoms with Crippen LogP contribution in [0.2, 0.25) is 0 Å². The molecule has 0 radical (unpaired) electrons. The lowest BCUT2D eigenvalue weighted by Gasteiger charge is -2.21. The van der Waals surface area contributed by atoms with Crippen LogP contribution in [0, 0.1) is 0 Å². The Morgan fingerprint density at radius 2 is 2.27 bits per heavy atom. The Balaban J connectivity index is 2.24. The maximum absolute atomic E-state index is 11.5. The minimum atomic E-state index is -0.166. The Hall–Kier alpha value is -0.710. The van der Waals surface area contributed by atoms with Gasteiger partial charge in [-0.3, -0.25) is 9.79 Å². The van der Waals surface area contributed by atoms with Crippen LogP contribution in [0.3, 0.4) is 0 Å². The summed E-state index contributed by atoms with van der Waals surface area (Å²) in [5.74, 6) is 1.10. The predicted molar refractivity (Wildman–Crippen MR) is 65.3 cm³/mol. The fraction of sp³-hybridized carbons (Fsp3) is 0.800. The molecular weight excluding hydrogens is 210 g/mol. The van der Waals surface area contributed by atoms with E-state index >= 15 is 0 Å². The SMILES string of the molecule is CC(C)(C)NC(=O)CNC1=NCCCS1. The van der Waals surface area contributed by atoms with Crippen LogP contribution >= 0.6 is 11.8 Å². The molecule has 0 spiro atoms. The zero-order valence-electron chi connectivity index (χ0n) is 9.59. The van der Waals surface area contributed by atoms with Crippen molar-refractivity contribution in [2.75, 3.05) is 18.8 Å². The molecule has 0 fully saturated rings. The van der Waals surface area contributed by atoms with E-state index in [-0.39, 0.29) is 11.4 Å². The number of nitrogens with zero attached hydrogens (tertiary/aromatic N) is 1. The van der Waals surface area contributed by atoms with Gasteiger partial charge in [0.25, 0.3) is 0 Å². The van der Waals surface area contributed by atoms with Gasteiger partial charge in [-0.2, -0.15) is 0 Å². The van der Waals surface area contributed by atoms with Gasteiger partial charge >= 0.3 is 0 Å². The molecule has 4 nitrogen and oxygen atoms in total. The minimum Gasteiger partial charge on any atom is -0.356 e. The van der Waals surface area contributed by atoms with E-state index in [0.29, 0.717) is 6.54 Å². The molecule has 0 unspecified atom stereocenters. The lowest BCUT2D eigenvalue weighted by molar-refractivity contribution is -0.121. The topological polar surface area (TPSA) is 53.5 Å². The summed E-state index contributed by atoms with van der Waals surface area (Å²) in [7, 11) is 0. The molecule has 1 rings (SSSR count). The van der Waals surface area contributed by atoms with Gasteiger partial charge in [0.1, 0.15) is 0 Å². The number of rotatable bonds is 2. The summed E-state index contributed by atoms with van der Waals surface area (Å²) in [5, 5.41) is 6.83. The second-order valence-electron chi connectivity index (χ2n) is 4.54. The first-order valence-corrected chi connectivity index (χ1v) is 6.18. The smallest absolute Gasteiger partial charge is 0.239 e. The van der Waals surface area contributed by atoms with E-state index in [2.05, 4.69) is 15.6 Å². The highest BCUT2D eigenvalue weighted by molar-refractivity contribution is 8.13. The van der Waals surface area contributed by atoms with E-state index in [1.807, 2.05) is 20.8 Å². The summed E-state index contributed by atoms with van der Waals surface area (Å²) in [5.41, 5.74) is -0.166. The largest absolute Gasteiger partial charge is 0.356 e. The lowest BCUT2D eigenvalue weighted by atomic mass is 10.1. The summed E-state index contributed by atoms with van der Waals surface area (Å²) < 4.78 is 0. The number of carbonyl (C=O) groups excluding carboxylic acids is 1.